The number of rotatable bonds is 6. The van der Waals surface area contributed by atoms with Crippen molar-refractivity contribution in [2.75, 3.05) is 16.0 Å². The van der Waals surface area contributed by atoms with E-state index in [2.05, 4.69) is 20.4 Å². The molecule has 1 aliphatic heterocycles. The molecule has 0 saturated carbocycles. The average molecular weight is 579 g/mol. The van der Waals surface area contributed by atoms with Crippen LogP contribution in [0.5, 0.6) is 5.75 Å². The van der Waals surface area contributed by atoms with Crippen LogP contribution in [0.25, 0.3) is 17.1 Å². The molecule has 9 nitrogen and oxygen atoms in total. The summed E-state index contributed by atoms with van der Waals surface area (Å²) in [5, 5.41) is 8.00. The second-order valence-electron chi connectivity index (χ2n) is 9.32. The van der Waals surface area contributed by atoms with Gasteiger partial charge in [0, 0.05) is 30.1 Å². The van der Waals surface area contributed by atoms with Crippen molar-refractivity contribution in [3.8, 4) is 22.8 Å². The van der Waals surface area contributed by atoms with E-state index in [-0.39, 0.29) is 16.8 Å². The normalized spacial score (nSPS) is 14.6. The molecular formula is C28H24ClFN6O3S. The van der Waals surface area contributed by atoms with Gasteiger partial charge in [-0.2, -0.15) is 9.38 Å². The van der Waals surface area contributed by atoms with Gasteiger partial charge in [-0.25, -0.2) is 14.5 Å². The van der Waals surface area contributed by atoms with Crippen molar-refractivity contribution in [1.82, 2.24) is 14.8 Å². The molecule has 3 aromatic carbocycles. The van der Waals surface area contributed by atoms with Gasteiger partial charge in [0.25, 0.3) is 0 Å². The third-order valence-electron chi connectivity index (χ3n) is 5.72. The molecule has 1 aromatic heterocycles. The molecule has 0 bridgehead atoms. The largest absolute Gasteiger partial charge is 0.459 e. The topological polar surface area (TPSA) is 102 Å². The number of anilines is 2. The first-order valence-electron chi connectivity index (χ1n) is 12.2. The summed E-state index contributed by atoms with van der Waals surface area (Å²) < 4.78 is 20.5. The molecule has 12 heteroatoms. The number of amidine groups is 1. The van der Waals surface area contributed by atoms with Crippen LogP contribution in [0, 0.1) is 6.92 Å². The van der Waals surface area contributed by atoms with E-state index in [1.54, 1.807) is 71.7 Å². The Labute approximate surface area is 239 Å². The quantitative estimate of drug-likeness (QED) is 0.275. The highest BCUT2D eigenvalue weighted by molar-refractivity contribution is 8.15. The number of ether oxygens (including phenoxy) is 1. The highest BCUT2D eigenvalue weighted by Gasteiger charge is 2.31. The number of thioether (sulfide) groups is 1. The number of hydrogen-bond acceptors (Lipinski definition) is 6. The van der Waals surface area contributed by atoms with Crippen LogP contribution in [0.2, 0.25) is 5.02 Å². The molecule has 3 amide bonds. The number of urea groups is 1. The van der Waals surface area contributed by atoms with E-state index in [9.17, 15) is 14.0 Å². The fraction of sp³-hybridized carbons (Fsp3) is 0.179. The monoisotopic (exact) mass is 578 g/mol. The standard InChI is InChI=1S/C28H24ClFN6O3S/c1-17-4-7-19(29)14-23(17)36-24(37)15-40-27(36)33-26(38)32-20-8-5-18(6-9-20)25-31-16-35(34-25)21-10-12-22(13-11-21)39-28(2,3)30/h4-14,16H,15H2,1-3H3,(H,32,38). The molecule has 40 heavy (non-hydrogen) atoms. The van der Waals surface area contributed by atoms with Crippen molar-refractivity contribution in [3.63, 3.8) is 0 Å². The lowest BCUT2D eigenvalue weighted by atomic mass is 10.2. The van der Waals surface area contributed by atoms with Gasteiger partial charge in [-0.15, -0.1) is 5.10 Å². The predicted molar refractivity (Wildman–Crippen MR) is 155 cm³/mol. The maximum absolute atomic E-state index is 13.7. The summed E-state index contributed by atoms with van der Waals surface area (Å²) in [4.78, 5) is 35.1. The molecule has 204 valence electrons. The van der Waals surface area contributed by atoms with Gasteiger partial charge in [-0.3, -0.25) is 9.69 Å². The lowest BCUT2D eigenvalue weighted by Gasteiger charge is -2.18. The van der Waals surface area contributed by atoms with Crippen LogP contribution in [0.3, 0.4) is 0 Å². The maximum atomic E-state index is 13.7. The number of carbonyl (C=O) groups is 2. The summed E-state index contributed by atoms with van der Waals surface area (Å²) in [6.45, 7) is 4.53. The Bertz CT molecular complexity index is 1600. The van der Waals surface area contributed by atoms with Crippen LogP contribution in [0.15, 0.2) is 78.0 Å². The van der Waals surface area contributed by atoms with Crippen molar-refractivity contribution < 1.29 is 18.7 Å². The summed E-state index contributed by atoms with van der Waals surface area (Å²) in [5.74, 6) is -0.876. The van der Waals surface area contributed by atoms with E-state index >= 15 is 0 Å². The number of nitrogens with one attached hydrogen (secondary N) is 1. The first-order chi connectivity index (χ1) is 19.1. The maximum Gasteiger partial charge on any atom is 0.347 e. The number of aryl methyl sites for hydroxylation is 1. The van der Waals surface area contributed by atoms with E-state index in [1.165, 1.54) is 30.5 Å². The van der Waals surface area contributed by atoms with Gasteiger partial charge in [0.1, 0.15) is 12.1 Å². The smallest absolute Gasteiger partial charge is 0.347 e. The fourth-order valence-corrected chi connectivity index (χ4v) is 4.94. The highest BCUT2D eigenvalue weighted by Crippen LogP contribution is 2.31. The van der Waals surface area contributed by atoms with Crippen LogP contribution in [-0.4, -0.2) is 43.5 Å². The minimum atomic E-state index is -1.77. The Morgan fingerprint density at radius 2 is 1.85 bits per heavy atom. The first-order valence-corrected chi connectivity index (χ1v) is 13.5. The summed E-state index contributed by atoms with van der Waals surface area (Å²) in [7, 11) is 0. The molecule has 1 fully saturated rings. The molecule has 2 heterocycles. The number of benzene rings is 3. The zero-order valence-corrected chi connectivity index (χ0v) is 23.3. The Kier molecular flexibility index (Phi) is 7.59. The van der Waals surface area contributed by atoms with Crippen LogP contribution in [0.4, 0.5) is 20.6 Å². The SMILES string of the molecule is Cc1ccc(Cl)cc1N1C(=O)CSC1=NC(=O)Nc1ccc(-c2ncn(-c3ccc(OC(C)(C)F)cc3)n2)cc1. The predicted octanol–water partition coefficient (Wildman–Crippen LogP) is 6.65. The number of alkyl halides is 1. The number of halogens is 2. The third kappa shape index (κ3) is 6.32. The molecule has 5 rings (SSSR count). The molecule has 1 N–H and O–H groups in total. The van der Waals surface area contributed by atoms with Gasteiger partial charge < -0.3 is 10.1 Å². The summed E-state index contributed by atoms with van der Waals surface area (Å²) in [6.07, 6.45) is 1.57. The second kappa shape index (κ2) is 11.1. The lowest BCUT2D eigenvalue weighted by Crippen LogP contribution is -2.30. The van der Waals surface area contributed by atoms with Gasteiger partial charge in [-0.1, -0.05) is 29.4 Å². The molecular weight excluding hydrogens is 555 g/mol. The van der Waals surface area contributed by atoms with Crippen molar-refractivity contribution in [2.24, 2.45) is 4.99 Å². The number of amides is 3. The van der Waals surface area contributed by atoms with Gasteiger partial charge in [-0.05, 0) is 73.2 Å². The molecule has 0 atom stereocenters. The van der Waals surface area contributed by atoms with Crippen LogP contribution < -0.4 is 15.0 Å². The lowest BCUT2D eigenvalue weighted by molar-refractivity contribution is -0.115. The minimum absolute atomic E-state index is 0.175. The van der Waals surface area contributed by atoms with Crippen molar-refractivity contribution >= 4 is 51.8 Å². The number of aliphatic imine (C=N–C) groups is 1. The highest BCUT2D eigenvalue weighted by atomic mass is 35.5. The van der Waals surface area contributed by atoms with E-state index < -0.39 is 11.9 Å². The van der Waals surface area contributed by atoms with Crippen molar-refractivity contribution in [1.29, 1.82) is 0 Å². The molecule has 0 spiro atoms. The van der Waals surface area contributed by atoms with Crippen LogP contribution in [-0.2, 0) is 4.79 Å². The van der Waals surface area contributed by atoms with Gasteiger partial charge >= 0.3 is 6.03 Å². The molecule has 4 aromatic rings. The number of hydrogen-bond donors (Lipinski definition) is 1. The molecule has 0 aliphatic carbocycles. The average Bonchev–Trinajstić information content (AvgIpc) is 3.53. The Balaban J connectivity index is 1.26. The molecule has 0 unspecified atom stereocenters. The van der Waals surface area contributed by atoms with Gasteiger partial charge in [0.05, 0.1) is 17.1 Å². The summed E-state index contributed by atoms with van der Waals surface area (Å²) in [6, 6.07) is 18.4. The van der Waals surface area contributed by atoms with E-state index in [1.807, 2.05) is 13.0 Å². The van der Waals surface area contributed by atoms with Crippen molar-refractivity contribution in [3.05, 3.63) is 83.6 Å². The number of carbonyl (C=O) groups excluding carboxylic acids is 2. The van der Waals surface area contributed by atoms with Gasteiger partial charge in [0.15, 0.2) is 11.0 Å². The Morgan fingerprint density at radius 3 is 2.55 bits per heavy atom. The van der Waals surface area contributed by atoms with Crippen LogP contribution >= 0.6 is 23.4 Å². The van der Waals surface area contributed by atoms with Crippen LogP contribution in [0.1, 0.15) is 19.4 Å². The van der Waals surface area contributed by atoms with E-state index in [0.717, 1.165) is 16.8 Å². The zero-order chi connectivity index (χ0) is 28.4. The van der Waals surface area contributed by atoms with E-state index in [0.29, 0.717) is 28.0 Å². The minimum Gasteiger partial charge on any atom is -0.459 e. The van der Waals surface area contributed by atoms with E-state index in [4.69, 9.17) is 16.3 Å². The first kappa shape index (κ1) is 27.4. The molecule has 0 radical (unpaired) electrons. The number of nitrogens with zero attached hydrogens (tertiary/aromatic N) is 5. The zero-order valence-electron chi connectivity index (χ0n) is 21.8. The second-order valence-corrected chi connectivity index (χ2v) is 10.7. The Hall–Kier alpha value is -4.22. The Morgan fingerprint density at radius 1 is 1.12 bits per heavy atom. The molecule has 1 aliphatic rings. The van der Waals surface area contributed by atoms with Gasteiger partial charge in [0.2, 0.25) is 11.8 Å². The third-order valence-corrected chi connectivity index (χ3v) is 6.88. The summed E-state index contributed by atoms with van der Waals surface area (Å²) >= 11 is 7.32. The summed E-state index contributed by atoms with van der Waals surface area (Å²) in [5.41, 5.74) is 3.42. The number of aromatic nitrogens is 3. The van der Waals surface area contributed by atoms with Crippen molar-refractivity contribution in [2.45, 2.75) is 26.6 Å². The fourth-order valence-electron chi connectivity index (χ4n) is 3.91. The molecule has 1 saturated heterocycles.